The summed E-state index contributed by atoms with van der Waals surface area (Å²) in [5, 5.41) is 13.0. The van der Waals surface area contributed by atoms with Gasteiger partial charge in [0.25, 0.3) is 5.91 Å². The Kier molecular flexibility index (Phi) is 4.54. The molecule has 2 aromatic rings. The van der Waals surface area contributed by atoms with Gasteiger partial charge in [-0.2, -0.15) is 5.10 Å². The summed E-state index contributed by atoms with van der Waals surface area (Å²) in [6.45, 7) is 2.70. The van der Waals surface area contributed by atoms with Crippen molar-refractivity contribution < 1.29 is 9.90 Å². The van der Waals surface area contributed by atoms with Crippen LogP contribution in [0.2, 0.25) is 0 Å². The lowest BCUT2D eigenvalue weighted by atomic mass is 10.1. The minimum Gasteiger partial charge on any atom is -0.397 e. The summed E-state index contributed by atoms with van der Waals surface area (Å²) in [7, 11) is 0. The van der Waals surface area contributed by atoms with Crippen LogP contribution in [0.25, 0.3) is 11.3 Å². The van der Waals surface area contributed by atoms with E-state index in [2.05, 4.69) is 10.1 Å². The molecule has 21 heavy (non-hydrogen) atoms. The van der Waals surface area contributed by atoms with Crippen molar-refractivity contribution in [1.29, 1.82) is 0 Å². The Hall–Kier alpha value is -2.41. The van der Waals surface area contributed by atoms with Gasteiger partial charge in [-0.15, -0.1) is 0 Å². The summed E-state index contributed by atoms with van der Waals surface area (Å²) in [6, 6.07) is 1.80. The van der Waals surface area contributed by atoms with Crippen LogP contribution in [0.3, 0.4) is 0 Å². The number of primary amides is 1. The molecule has 0 saturated heterocycles. The minimum atomic E-state index is -0.646. The number of carbonyl (C=O) groups excluding carboxylic acids is 1. The van der Waals surface area contributed by atoms with E-state index in [1.165, 1.54) is 0 Å². The number of aliphatic hydroxyl groups is 1. The summed E-state index contributed by atoms with van der Waals surface area (Å²) in [5.41, 5.74) is 13.7. The van der Waals surface area contributed by atoms with Crippen molar-refractivity contribution in [2.24, 2.45) is 5.73 Å². The normalized spacial score (nSPS) is 10.8. The molecule has 7 nitrogen and oxygen atoms in total. The zero-order valence-corrected chi connectivity index (χ0v) is 11.9. The standard InChI is InChI=1S/C14H19N5O2/c1-9-6-11(18-13(12(9)15)14(16)21)10-7-17-19(8-10)4-2-3-5-20/h6-8,20H,2-5,15H2,1H3,(H2,16,21). The molecule has 0 aromatic carbocycles. The third kappa shape index (κ3) is 3.38. The smallest absolute Gasteiger partial charge is 0.269 e. The van der Waals surface area contributed by atoms with Crippen LogP contribution >= 0.6 is 0 Å². The first kappa shape index (κ1) is 15.0. The summed E-state index contributed by atoms with van der Waals surface area (Å²) in [5.74, 6) is -0.646. The SMILES string of the molecule is Cc1cc(-c2cnn(CCCCO)c2)nc(C(N)=O)c1N. The number of hydrogen-bond donors (Lipinski definition) is 3. The van der Waals surface area contributed by atoms with E-state index < -0.39 is 5.91 Å². The summed E-state index contributed by atoms with van der Waals surface area (Å²) in [6.07, 6.45) is 5.11. The Morgan fingerprint density at radius 1 is 1.43 bits per heavy atom. The molecule has 0 saturated carbocycles. The maximum absolute atomic E-state index is 11.4. The highest BCUT2D eigenvalue weighted by Crippen LogP contribution is 2.23. The molecule has 0 radical (unpaired) electrons. The second-order valence-electron chi connectivity index (χ2n) is 4.87. The number of aryl methyl sites for hydroxylation is 2. The average molecular weight is 289 g/mol. The van der Waals surface area contributed by atoms with E-state index in [-0.39, 0.29) is 12.3 Å². The van der Waals surface area contributed by atoms with Crippen LogP contribution in [-0.4, -0.2) is 32.4 Å². The largest absolute Gasteiger partial charge is 0.397 e. The number of nitrogens with zero attached hydrogens (tertiary/aromatic N) is 3. The molecule has 0 aliphatic carbocycles. The van der Waals surface area contributed by atoms with Crippen LogP contribution in [-0.2, 0) is 6.54 Å². The maximum Gasteiger partial charge on any atom is 0.269 e. The highest BCUT2D eigenvalue weighted by Gasteiger charge is 2.14. The maximum atomic E-state index is 11.4. The van der Waals surface area contributed by atoms with E-state index in [1.807, 2.05) is 6.20 Å². The van der Waals surface area contributed by atoms with Gasteiger partial charge in [0.2, 0.25) is 0 Å². The van der Waals surface area contributed by atoms with Gasteiger partial charge in [-0.1, -0.05) is 0 Å². The molecule has 5 N–H and O–H groups in total. The van der Waals surface area contributed by atoms with Crippen LogP contribution in [0.4, 0.5) is 5.69 Å². The molecule has 0 unspecified atom stereocenters. The Balaban J connectivity index is 2.28. The lowest BCUT2D eigenvalue weighted by molar-refractivity contribution is 0.0996. The topological polar surface area (TPSA) is 120 Å². The van der Waals surface area contributed by atoms with Crippen molar-refractivity contribution in [3.8, 4) is 11.3 Å². The third-order valence-electron chi connectivity index (χ3n) is 3.22. The number of carbonyl (C=O) groups is 1. The van der Waals surface area contributed by atoms with Gasteiger partial charge >= 0.3 is 0 Å². The van der Waals surface area contributed by atoms with Crippen molar-refractivity contribution in [3.05, 3.63) is 29.7 Å². The molecule has 0 bridgehead atoms. The Morgan fingerprint density at radius 2 is 2.19 bits per heavy atom. The molecular weight excluding hydrogens is 270 g/mol. The Morgan fingerprint density at radius 3 is 2.86 bits per heavy atom. The molecule has 0 spiro atoms. The molecule has 0 aliphatic rings. The van der Waals surface area contributed by atoms with Crippen LogP contribution in [0.5, 0.6) is 0 Å². The van der Waals surface area contributed by atoms with Crippen molar-refractivity contribution in [2.45, 2.75) is 26.3 Å². The predicted molar refractivity (Wildman–Crippen MR) is 79.4 cm³/mol. The lowest BCUT2D eigenvalue weighted by Gasteiger charge is -2.07. The van der Waals surface area contributed by atoms with E-state index in [0.717, 1.165) is 30.5 Å². The highest BCUT2D eigenvalue weighted by atomic mass is 16.2. The second-order valence-corrected chi connectivity index (χ2v) is 4.87. The number of aromatic nitrogens is 3. The Labute approximate surface area is 122 Å². The van der Waals surface area contributed by atoms with Crippen molar-refractivity contribution >= 4 is 11.6 Å². The average Bonchev–Trinajstić information content (AvgIpc) is 2.90. The molecule has 0 fully saturated rings. The highest BCUT2D eigenvalue weighted by molar-refractivity contribution is 5.97. The summed E-state index contributed by atoms with van der Waals surface area (Å²) in [4.78, 5) is 15.6. The third-order valence-corrected chi connectivity index (χ3v) is 3.22. The molecule has 2 rings (SSSR count). The van der Waals surface area contributed by atoms with E-state index in [9.17, 15) is 4.79 Å². The van der Waals surface area contributed by atoms with Gasteiger partial charge in [0.05, 0.1) is 17.6 Å². The number of nitrogen functional groups attached to an aromatic ring is 1. The number of rotatable bonds is 6. The second kappa shape index (κ2) is 6.36. The number of hydrogen-bond acceptors (Lipinski definition) is 5. The number of aliphatic hydroxyl groups excluding tert-OH is 1. The fourth-order valence-electron chi connectivity index (χ4n) is 2.02. The molecule has 2 heterocycles. The van der Waals surface area contributed by atoms with E-state index >= 15 is 0 Å². The first-order valence-electron chi connectivity index (χ1n) is 6.73. The molecule has 2 aromatic heterocycles. The molecule has 0 aliphatic heterocycles. The molecule has 0 atom stereocenters. The van der Waals surface area contributed by atoms with Gasteiger partial charge in [0, 0.05) is 24.9 Å². The fraction of sp³-hybridized carbons (Fsp3) is 0.357. The number of nitrogens with two attached hydrogens (primary N) is 2. The van der Waals surface area contributed by atoms with Crippen LogP contribution in [0, 0.1) is 6.92 Å². The van der Waals surface area contributed by atoms with Gasteiger partial charge in [-0.05, 0) is 31.4 Å². The summed E-state index contributed by atoms with van der Waals surface area (Å²) >= 11 is 0. The lowest BCUT2D eigenvalue weighted by Crippen LogP contribution is -2.16. The predicted octanol–water partition coefficient (Wildman–Crippen LogP) is 0.707. The van der Waals surface area contributed by atoms with Crippen LogP contribution in [0.1, 0.15) is 28.9 Å². The van der Waals surface area contributed by atoms with E-state index in [1.54, 1.807) is 23.9 Å². The minimum absolute atomic E-state index is 0.0815. The molecular formula is C14H19N5O2. The first-order valence-corrected chi connectivity index (χ1v) is 6.73. The van der Waals surface area contributed by atoms with Crippen molar-refractivity contribution in [1.82, 2.24) is 14.8 Å². The van der Waals surface area contributed by atoms with Gasteiger partial charge in [-0.25, -0.2) is 4.98 Å². The van der Waals surface area contributed by atoms with E-state index in [4.69, 9.17) is 16.6 Å². The molecule has 1 amide bonds. The zero-order chi connectivity index (χ0) is 15.4. The Bertz CT molecular complexity index is 651. The monoisotopic (exact) mass is 289 g/mol. The van der Waals surface area contributed by atoms with Crippen molar-refractivity contribution in [2.75, 3.05) is 12.3 Å². The number of unbranched alkanes of at least 4 members (excludes halogenated alkanes) is 1. The molecule has 112 valence electrons. The fourth-order valence-corrected chi connectivity index (χ4v) is 2.02. The van der Waals surface area contributed by atoms with Gasteiger partial charge in [0.15, 0.2) is 5.69 Å². The summed E-state index contributed by atoms with van der Waals surface area (Å²) < 4.78 is 1.78. The quantitative estimate of drug-likeness (QED) is 0.676. The van der Waals surface area contributed by atoms with Gasteiger partial charge in [-0.3, -0.25) is 9.48 Å². The molecule has 7 heteroatoms. The van der Waals surface area contributed by atoms with Crippen molar-refractivity contribution in [3.63, 3.8) is 0 Å². The van der Waals surface area contributed by atoms with E-state index in [0.29, 0.717) is 11.4 Å². The first-order chi connectivity index (χ1) is 10.0. The number of anilines is 1. The van der Waals surface area contributed by atoms with Gasteiger partial charge in [0.1, 0.15) is 0 Å². The zero-order valence-electron chi connectivity index (χ0n) is 11.9. The number of pyridine rings is 1. The van der Waals surface area contributed by atoms with Gasteiger partial charge < -0.3 is 16.6 Å². The van der Waals surface area contributed by atoms with Crippen LogP contribution < -0.4 is 11.5 Å². The van der Waals surface area contributed by atoms with Crippen LogP contribution in [0.15, 0.2) is 18.5 Å². The number of amides is 1.